The summed E-state index contributed by atoms with van der Waals surface area (Å²) in [7, 11) is 0. The summed E-state index contributed by atoms with van der Waals surface area (Å²) in [5.41, 5.74) is 4.23. The van der Waals surface area contributed by atoms with E-state index in [4.69, 9.17) is 5.84 Å². The van der Waals surface area contributed by atoms with Crippen LogP contribution < -0.4 is 11.3 Å². The van der Waals surface area contributed by atoms with Gasteiger partial charge in [-0.15, -0.1) is 11.3 Å². The minimum Gasteiger partial charge on any atom is -0.271 e. The fraction of sp³-hybridized carbons (Fsp3) is 0.667. The van der Waals surface area contributed by atoms with Crippen LogP contribution in [0.5, 0.6) is 0 Å². The van der Waals surface area contributed by atoms with E-state index in [9.17, 15) is 0 Å². The average Bonchev–Trinajstić information content (AvgIpc) is 2.59. The van der Waals surface area contributed by atoms with E-state index in [0.29, 0.717) is 6.04 Å². The van der Waals surface area contributed by atoms with Crippen molar-refractivity contribution in [2.75, 3.05) is 0 Å². The molecule has 0 spiro atoms. The van der Waals surface area contributed by atoms with Gasteiger partial charge < -0.3 is 0 Å². The van der Waals surface area contributed by atoms with Gasteiger partial charge in [-0.05, 0) is 40.9 Å². The van der Waals surface area contributed by atoms with Crippen molar-refractivity contribution in [3.05, 3.63) is 20.3 Å². The SMILES string of the molecule is CCCCCCC(NN)c1cc(C)c(Br)s1. The van der Waals surface area contributed by atoms with Crippen molar-refractivity contribution in [3.8, 4) is 0 Å². The van der Waals surface area contributed by atoms with E-state index in [1.165, 1.54) is 39.9 Å². The molecule has 2 nitrogen and oxygen atoms in total. The number of aryl methyl sites for hydroxylation is 1. The number of rotatable bonds is 7. The molecular weight excluding hydrogens is 284 g/mol. The molecule has 0 saturated heterocycles. The summed E-state index contributed by atoms with van der Waals surface area (Å²) in [4.78, 5) is 1.34. The summed E-state index contributed by atoms with van der Waals surface area (Å²) in [6.45, 7) is 4.35. The summed E-state index contributed by atoms with van der Waals surface area (Å²) < 4.78 is 1.22. The van der Waals surface area contributed by atoms with Crippen LogP contribution in [0, 0.1) is 6.92 Å². The maximum atomic E-state index is 5.62. The lowest BCUT2D eigenvalue weighted by Crippen LogP contribution is -2.27. The number of nitrogens with one attached hydrogen (secondary N) is 1. The smallest absolute Gasteiger partial charge is 0.0731 e. The fourth-order valence-corrected chi connectivity index (χ4v) is 3.40. The van der Waals surface area contributed by atoms with Gasteiger partial charge in [0.1, 0.15) is 0 Å². The van der Waals surface area contributed by atoms with E-state index in [1.54, 1.807) is 11.3 Å². The number of hydrogen-bond acceptors (Lipinski definition) is 3. The lowest BCUT2D eigenvalue weighted by atomic mass is 10.1. The van der Waals surface area contributed by atoms with Gasteiger partial charge in [-0.3, -0.25) is 11.3 Å². The molecular formula is C12H21BrN2S. The van der Waals surface area contributed by atoms with Crippen LogP contribution in [0.25, 0.3) is 0 Å². The highest BCUT2D eigenvalue weighted by atomic mass is 79.9. The second-order valence-electron chi connectivity index (χ2n) is 4.17. The zero-order chi connectivity index (χ0) is 12.0. The predicted molar refractivity (Wildman–Crippen MR) is 75.6 cm³/mol. The summed E-state index contributed by atoms with van der Waals surface area (Å²) >= 11 is 5.34. The van der Waals surface area contributed by atoms with E-state index in [1.807, 2.05) is 0 Å². The van der Waals surface area contributed by atoms with E-state index in [2.05, 4.69) is 41.3 Å². The molecule has 0 fully saturated rings. The predicted octanol–water partition coefficient (Wildman–Crippen LogP) is 4.29. The molecule has 1 aromatic heterocycles. The van der Waals surface area contributed by atoms with Crippen LogP contribution in [0.2, 0.25) is 0 Å². The number of unbranched alkanes of at least 4 members (excludes halogenated alkanes) is 3. The summed E-state index contributed by atoms with van der Waals surface area (Å²) in [5.74, 6) is 5.62. The van der Waals surface area contributed by atoms with Crippen molar-refractivity contribution in [3.63, 3.8) is 0 Å². The lowest BCUT2D eigenvalue weighted by molar-refractivity contribution is 0.488. The number of hydrogen-bond donors (Lipinski definition) is 2. The van der Waals surface area contributed by atoms with E-state index in [-0.39, 0.29) is 0 Å². The lowest BCUT2D eigenvalue weighted by Gasteiger charge is -2.13. The van der Waals surface area contributed by atoms with Gasteiger partial charge in [0.15, 0.2) is 0 Å². The summed E-state index contributed by atoms with van der Waals surface area (Å²) in [6, 6.07) is 2.53. The Kier molecular flexibility index (Phi) is 6.58. The van der Waals surface area contributed by atoms with Crippen molar-refractivity contribution < 1.29 is 0 Å². The Bertz CT molecular complexity index is 292. The van der Waals surface area contributed by atoms with Crippen LogP contribution >= 0.6 is 27.3 Å². The Morgan fingerprint density at radius 2 is 2.19 bits per heavy atom. The highest BCUT2D eigenvalue weighted by Gasteiger charge is 2.13. The molecule has 0 bridgehead atoms. The van der Waals surface area contributed by atoms with Gasteiger partial charge in [-0.1, -0.05) is 32.6 Å². The minimum absolute atomic E-state index is 0.312. The molecule has 92 valence electrons. The van der Waals surface area contributed by atoms with Crippen LogP contribution in [-0.2, 0) is 0 Å². The number of hydrazine groups is 1. The Morgan fingerprint density at radius 3 is 2.69 bits per heavy atom. The van der Waals surface area contributed by atoms with Crippen molar-refractivity contribution >= 4 is 27.3 Å². The van der Waals surface area contributed by atoms with Crippen LogP contribution in [0.1, 0.15) is 55.5 Å². The van der Waals surface area contributed by atoms with Gasteiger partial charge in [-0.25, -0.2) is 0 Å². The standard InChI is InChI=1S/C12H21BrN2S/c1-3-4-5-6-7-10(15-14)11-8-9(2)12(13)16-11/h8,10,15H,3-7,14H2,1-2H3. The second-order valence-corrected chi connectivity index (χ2v) is 6.58. The van der Waals surface area contributed by atoms with Crippen molar-refractivity contribution in [2.45, 2.75) is 52.0 Å². The normalized spacial score (nSPS) is 13.0. The van der Waals surface area contributed by atoms with E-state index in [0.717, 1.165) is 6.42 Å². The Morgan fingerprint density at radius 1 is 1.44 bits per heavy atom. The van der Waals surface area contributed by atoms with Gasteiger partial charge in [0.25, 0.3) is 0 Å². The monoisotopic (exact) mass is 304 g/mol. The molecule has 1 heterocycles. The zero-order valence-corrected chi connectivity index (χ0v) is 12.5. The molecule has 0 amide bonds. The van der Waals surface area contributed by atoms with Crippen molar-refractivity contribution in [1.82, 2.24) is 5.43 Å². The highest BCUT2D eigenvalue weighted by Crippen LogP contribution is 2.33. The van der Waals surface area contributed by atoms with Crippen LogP contribution in [-0.4, -0.2) is 0 Å². The van der Waals surface area contributed by atoms with Gasteiger partial charge in [0, 0.05) is 4.88 Å². The van der Waals surface area contributed by atoms with Gasteiger partial charge in [0.05, 0.1) is 9.83 Å². The first-order valence-corrected chi connectivity index (χ1v) is 7.52. The molecule has 0 aromatic carbocycles. The fourth-order valence-electron chi connectivity index (χ4n) is 1.74. The van der Waals surface area contributed by atoms with Crippen LogP contribution in [0.3, 0.4) is 0 Å². The Hall–Kier alpha value is 0.1000. The number of nitrogens with two attached hydrogens (primary N) is 1. The summed E-state index contributed by atoms with van der Waals surface area (Å²) in [5, 5.41) is 0. The highest BCUT2D eigenvalue weighted by molar-refractivity contribution is 9.11. The Labute approximate surface area is 111 Å². The molecule has 1 atom stereocenters. The third-order valence-electron chi connectivity index (χ3n) is 2.77. The van der Waals surface area contributed by atoms with Crippen molar-refractivity contribution in [1.29, 1.82) is 0 Å². The molecule has 4 heteroatoms. The first-order valence-electron chi connectivity index (χ1n) is 5.91. The molecule has 0 aliphatic rings. The van der Waals surface area contributed by atoms with Crippen LogP contribution in [0.15, 0.2) is 9.85 Å². The summed E-state index contributed by atoms with van der Waals surface area (Å²) in [6.07, 6.45) is 6.29. The molecule has 1 unspecified atom stereocenters. The van der Waals surface area contributed by atoms with Gasteiger partial charge >= 0.3 is 0 Å². The maximum Gasteiger partial charge on any atom is 0.0731 e. The topological polar surface area (TPSA) is 38.0 Å². The first kappa shape index (κ1) is 14.2. The second kappa shape index (κ2) is 7.43. The van der Waals surface area contributed by atoms with E-state index >= 15 is 0 Å². The number of halogens is 1. The molecule has 3 N–H and O–H groups in total. The third-order valence-corrected chi connectivity index (χ3v) is 5.02. The third kappa shape index (κ3) is 4.17. The molecule has 1 rings (SSSR count). The molecule has 16 heavy (non-hydrogen) atoms. The first-order chi connectivity index (χ1) is 7.69. The maximum absolute atomic E-state index is 5.62. The average molecular weight is 305 g/mol. The molecule has 0 radical (unpaired) electrons. The van der Waals surface area contributed by atoms with E-state index < -0.39 is 0 Å². The largest absolute Gasteiger partial charge is 0.271 e. The van der Waals surface area contributed by atoms with Crippen LogP contribution in [0.4, 0.5) is 0 Å². The Balaban J connectivity index is 2.47. The number of thiophene rings is 1. The van der Waals surface area contributed by atoms with Crippen molar-refractivity contribution in [2.24, 2.45) is 5.84 Å². The quantitative estimate of drug-likeness (QED) is 0.448. The molecule has 0 aliphatic carbocycles. The van der Waals surface area contributed by atoms with Gasteiger partial charge in [-0.2, -0.15) is 0 Å². The minimum atomic E-state index is 0.312. The zero-order valence-electron chi connectivity index (χ0n) is 10.1. The molecule has 1 aromatic rings. The molecule has 0 aliphatic heterocycles. The van der Waals surface area contributed by atoms with Gasteiger partial charge in [0.2, 0.25) is 0 Å². The molecule has 0 saturated carbocycles.